The summed E-state index contributed by atoms with van der Waals surface area (Å²) in [6, 6.07) is 30.3. The Labute approximate surface area is 248 Å². The Balaban J connectivity index is 1.78. The van der Waals surface area contributed by atoms with E-state index < -0.39 is 9.65 Å². The molecule has 4 rings (SSSR count). The van der Waals surface area contributed by atoms with E-state index >= 15 is 0 Å². The summed E-state index contributed by atoms with van der Waals surface area (Å²) in [6.45, 7) is 0. The van der Waals surface area contributed by atoms with Crippen molar-refractivity contribution in [3.05, 3.63) is 139 Å². The molecule has 0 bridgehead atoms. The molecule has 0 N–H and O–H groups in total. The van der Waals surface area contributed by atoms with Crippen LogP contribution in [0.3, 0.4) is 0 Å². The van der Waals surface area contributed by atoms with Crippen LogP contribution in [0.4, 0.5) is 0 Å². The fourth-order valence-electron chi connectivity index (χ4n) is 4.32. The Morgan fingerprint density at radius 2 is 0.917 bits per heavy atom. The number of carbonyl (C=O) groups excluding carboxylic acids is 1. The van der Waals surface area contributed by atoms with Gasteiger partial charge in [-0.1, -0.05) is 151 Å². The van der Waals surface area contributed by atoms with Gasteiger partial charge in [0.05, 0.1) is 9.65 Å². The maximum absolute atomic E-state index is 14.1. The Kier molecular flexibility index (Phi) is 9.60. The fourth-order valence-corrected chi connectivity index (χ4v) is 7.48. The molecule has 4 atom stereocenters. The number of ketones is 1. The van der Waals surface area contributed by atoms with Crippen LogP contribution < -0.4 is 0 Å². The van der Waals surface area contributed by atoms with Gasteiger partial charge in [0.15, 0.2) is 5.78 Å². The molecule has 0 saturated heterocycles. The average molecular weight is 686 g/mol. The lowest BCUT2D eigenvalue weighted by Crippen LogP contribution is -2.34. The van der Waals surface area contributed by atoms with Gasteiger partial charge in [-0.05, 0) is 46.5 Å². The average Bonchev–Trinajstić information content (AvgIpc) is 2.87. The maximum Gasteiger partial charge on any atom is 0.161 e. The van der Waals surface area contributed by atoms with Gasteiger partial charge in [-0.2, -0.15) is 0 Å². The highest BCUT2D eigenvalue weighted by atomic mass is 79.9. The monoisotopic (exact) mass is 682 g/mol. The first kappa shape index (κ1) is 27.7. The van der Waals surface area contributed by atoms with Crippen molar-refractivity contribution in [2.45, 2.75) is 21.5 Å². The van der Waals surface area contributed by atoms with E-state index in [1.807, 2.05) is 72.8 Å². The smallest absolute Gasteiger partial charge is 0.161 e. The maximum atomic E-state index is 14.1. The zero-order chi connectivity index (χ0) is 25.8. The minimum atomic E-state index is -0.597. The molecule has 4 aromatic rings. The van der Waals surface area contributed by atoms with E-state index in [1.54, 1.807) is 24.3 Å². The van der Waals surface area contributed by atoms with Crippen molar-refractivity contribution in [2.24, 2.45) is 0 Å². The Hall–Kier alpha value is -1.33. The first-order valence-corrected chi connectivity index (χ1v) is 14.4. The minimum Gasteiger partial charge on any atom is -0.297 e. The molecule has 0 saturated carbocycles. The van der Waals surface area contributed by atoms with Crippen LogP contribution in [0.2, 0.25) is 20.1 Å². The van der Waals surface area contributed by atoms with Gasteiger partial charge < -0.3 is 0 Å². The number of halogens is 6. The standard InChI is InChI=1S/C29H20Br2Cl4O/c30-27(25(17-7-3-1-4-8-17)21-13-11-19(32)15-23(21)34)29(36)28(31)26(18-9-5-2-6-10-18)22-14-12-20(33)16-24(22)35/h1-16,25-28H. The second kappa shape index (κ2) is 12.5. The molecule has 0 spiro atoms. The lowest BCUT2D eigenvalue weighted by atomic mass is 9.82. The summed E-state index contributed by atoms with van der Waals surface area (Å²) in [6.07, 6.45) is 0. The van der Waals surface area contributed by atoms with Gasteiger partial charge in [0.25, 0.3) is 0 Å². The molecule has 0 aliphatic carbocycles. The van der Waals surface area contributed by atoms with Crippen LogP contribution in [0.5, 0.6) is 0 Å². The first-order valence-electron chi connectivity index (χ1n) is 11.1. The summed E-state index contributed by atoms with van der Waals surface area (Å²) in [5.41, 5.74) is 3.53. The van der Waals surface area contributed by atoms with Crippen molar-refractivity contribution in [3.63, 3.8) is 0 Å². The molecule has 36 heavy (non-hydrogen) atoms. The molecule has 0 aliphatic rings. The molecule has 0 amide bonds. The molecule has 0 aliphatic heterocycles. The molecule has 4 unspecified atom stereocenters. The van der Waals surface area contributed by atoms with Crippen molar-refractivity contribution in [1.82, 2.24) is 0 Å². The third kappa shape index (κ3) is 6.20. The van der Waals surface area contributed by atoms with Crippen molar-refractivity contribution in [3.8, 4) is 0 Å². The van der Waals surface area contributed by atoms with Crippen LogP contribution in [0, 0.1) is 0 Å². The van der Waals surface area contributed by atoms with E-state index in [1.165, 1.54) is 0 Å². The number of carbonyl (C=O) groups is 1. The molecule has 4 aromatic carbocycles. The Morgan fingerprint density at radius 3 is 1.25 bits per heavy atom. The molecular formula is C29H20Br2Cl4O. The summed E-state index contributed by atoms with van der Waals surface area (Å²) in [5, 5.41) is 2.07. The van der Waals surface area contributed by atoms with Crippen molar-refractivity contribution in [1.29, 1.82) is 0 Å². The summed E-state index contributed by atoms with van der Waals surface area (Å²) in [5.74, 6) is -0.740. The summed E-state index contributed by atoms with van der Waals surface area (Å²) >= 11 is 33.1. The molecule has 184 valence electrons. The van der Waals surface area contributed by atoms with Crippen LogP contribution in [0.1, 0.15) is 34.1 Å². The lowest BCUT2D eigenvalue weighted by molar-refractivity contribution is -0.118. The van der Waals surface area contributed by atoms with E-state index in [4.69, 9.17) is 46.4 Å². The largest absolute Gasteiger partial charge is 0.297 e. The predicted octanol–water partition coefficient (Wildman–Crippen LogP) is 10.4. The highest BCUT2D eigenvalue weighted by Gasteiger charge is 2.38. The minimum absolute atomic E-state index is 0.0465. The number of hydrogen-bond donors (Lipinski definition) is 0. The molecule has 0 heterocycles. The highest BCUT2D eigenvalue weighted by Crippen LogP contribution is 2.43. The Bertz CT molecular complexity index is 1250. The third-order valence-corrected chi connectivity index (χ3v) is 9.13. The van der Waals surface area contributed by atoms with E-state index in [-0.39, 0.29) is 17.6 Å². The number of Topliss-reactive ketones (excluding diaryl/α,β-unsaturated/α-hetero) is 1. The lowest BCUT2D eigenvalue weighted by Gasteiger charge is -2.29. The number of rotatable bonds is 8. The number of hydrogen-bond acceptors (Lipinski definition) is 1. The van der Waals surface area contributed by atoms with Crippen LogP contribution in [-0.4, -0.2) is 15.4 Å². The molecular weight excluding hydrogens is 666 g/mol. The second-order valence-corrected chi connectivity index (χ2v) is 12.0. The van der Waals surface area contributed by atoms with Crippen LogP contribution >= 0.6 is 78.3 Å². The van der Waals surface area contributed by atoms with E-state index in [9.17, 15) is 4.79 Å². The van der Waals surface area contributed by atoms with Gasteiger partial charge in [0.2, 0.25) is 0 Å². The number of benzene rings is 4. The van der Waals surface area contributed by atoms with Gasteiger partial charge in [-0.25, -0.2) is 0 Å². The quantitative estimate of drug-likeness (QED) is 0.169. The fraction of sp³-hybridized carbons (Fsp3) is 0.138. The van der Waals surface area contributed by atoms with E-state index in [0.29, 0.717) is 20.1 Å². The first-order chi connectivity index (χ1) is 17.3. The summed E-state index contributed by atoms with van der Waals surface area (Å²) < 4.78 is 0. The Morgan fingerprint density at radius 1 is 0.556 bits per heavy atom. The predicted molar refractivity (Wildman–Crippen MR) is 160 cm³/mol. The van der Waals surface area contributed by atoms with Crippen molar-refractivity contribution < 1.29 is 4.79 Å². The second-order valence-electron chi connectivity index (χ2n) is 8.31. The van der Waals surface area contributed by atoms with Gasteiger partial charge in [-0.3, -0.25) is 4.79 Å². The normalized spacial score (nSPS) is 14.6. The van der Waals surface area contributed by atoms with E-state index in [0.717, 1.165) is 22.3 Å². The molecule has 0 fully saturated rings. The van der Waals surface area contributed by atoms with Gasteiger partial charge in [0, 0.05) is 31.9 Å². The molecule has 0 radical (unpaired) electrons. The highest BCUT2D eigenvalue weighted by molar-refractivity contribution is 9.10. The van der Waals surface area contributed by atoms with Crippen LogP contribution in [0.25, 0.3) is 0 Å². The zero-order valence-corrected chi connectivity index (χ0v) is 24.9. The SMILES string of the molecule is O=C(C(Br)C(c1ccccc1)c1ccc(Cl)cc1Cl)C(Br)C(c1ccccc1)c1ccc(Cl)cc1Cl. The topological polar surface area (TPSA) is 17.1 Å². The zero-order valence-electron chi connectivity index (χ0n) is 18.7. The third-order valence-electron chi connectivity index (χ3n) is 6.04. The van der Waals surface area contributed by atoms with Crippen molar-refractivity contribution in [2.75, 3.05) is 0 Å². The molecule has 7 heteroatoms. The summed E-state index contributed by atoms with van der Waals surface area (Å²) in [4.78, 5) is 12.9. The molecule has 0 aromatic heterocycles. The van der Waals surface area contributed by atoms with E-state index in [2.05, 4.69) is 31.9 Å². The van der Waals surface area contributed by atoms with Gasteiger partial charge in [0.1, 0.15) is 0 Å². The van der Waals surface area contributed by atoms with Crippen LogP contribution in [-0.2, 0) is 4.79 Å². The van der Waals surface area contributed by atoms with Crippen LogP contribution in [0.15, 0.2) is 97.1 Å². The number of alkyl halides is 2. The molecule has 1 nitrogen and oxygen atoms in total. The van der Waals surface area contributed by atoms with Gasteiger partial charge >= 0.3 is 0 Å². The summed E-state index contributed by atoms with van der Waals surface area (Å²) in [7, 11) is 0. The van der Waals surface area contributed by atoms with Crippen molar-refractivity contribution >= 4 is 84.0 Å². The van der Waals surface area contributed by atoms with Gasteiger partial charge in [-0.15, -0.1) is 0 Å².